The van der Waals surface area contributed by atoms with E-state index >= 15 is 0 Å². The molecule has 98 valence electrons. The highest BCUT2D eigenvalue weighted by atomic mass is 16.6. The van der Waals surface area contributed by atoms with Crippen molar-refractivity contribution in [3.05, 3.63) is 42.1 Å². The molecule has 0 aliphatic heterocycles. The summed E-state index contributed by atoms with van der Waals surface area (Å²) in [7, 11) is 0. The molecule has 0 bridgehead atoms. The number of pyridine rings is 1. The zero-order chi connectivity index (χ0) is 13.7. The number of carbonyl (C=O) groups is 2. The minimum atomic E-state index is -0.586. The maximum Gasteiger partial charge on any atom is 0.344 e. The highest BCUT2D eigenvalue weighted by Crippen LogP contribution is 2.16. The van der Waals surface area contributed by atoms with Crippen molar-refractivity contribution < 1.29 is 19.1 Å². The van der Waals surface area contributed by atoms with Gasteiger partial charge < -0.3 is 9.47 Å². The molecule has 0 amide bonds. The van der Waals surface area contributed by atoms with Gasteiger partial charge in [0.15, 0.2) is 6.61 Å². The molecule has 1 aromatic carbocycles. The largest absolute Gasteiger partial charge is 0.463 e. The van der Waals surface area contributed by atoms with Crippen LogP contribution in [0.3, 0.4) is 0 Å². The number of benzene rings is 1. The molecule has 0 spiro atoms. The molecular weight excluding hydrogens is 246 g/mol. The lowest BCUT2D eigenvalue weighted by atomic mass is 10.1. The summed E-state index contributed by atoms with van der Waals surface area (Å²) in [6.45, 7) is 1.55. The lowest BCUT2D eigenvalue weighted by Crippen LogP contribution is -2.16. The molecule has 0 radical (unpaired) electrons. The van der Waals surface area contributed by atoms with Crippen LogP contribution >= 0.6 is 0 Å². The number of carbonyl (C=O) groups excluding carboxylic acids is 2. The number of hydrogen-bond donors (Lipinski definition) is 0. The lowest BCUT2D eigenvalue weighted by molar-refractivity contribution is -0.146. The van der Waals surface area contributed by atoms with E-state index in [2.05, 4.69) is 9.72 Å². The zero-order valence-electron chi connectivity index (χ0n) is 10.5. The molecule has 0 saturated heterocycles. The Morgan fingerprint density at radius 1 is 1.16 bits per heavy atom. The number of aromatic nitrogens is 1. The average Bonchev–Trinajstić information content (AvgIpc) is 2.44. The summed E-state index contributed by atoms with van der Waals surface area (Å²) >= 11 is 0. The fourth-order valence-corrected chi connectivity index (χ4v) is 1.67. The topological polar surface area (TPSA) is 65.5 Å². The Kier molecular flexibility index (Phi) is 4.07. The molecule has 1 heterocycles. The number of ether oxygens (including phenoxy) is 2. The van der Waals surface area contributed by atoms with E-state index in [1.807, 2.05) is 12.1 Å². The molecule has 0 N–H and O–H groups in total. The van der Waals surface area contributed by atoms with Gasteiger partial charge in [-0.15, -0.1) is 0 Å². The van der Waals surface area contributed by atoms with Gasteiger partial charge in [-0.2, -0.15) is 0 Å². The number of hydrogen-bond acceptors (Lipinski definition) is 5. The summed E-state index contributed by atoms with van der Waals surface area (Å²) in [6.07, 6.45) is 1.60. The van der Waals surface area contributed by atoms with Crippen molar-refractivity contribution >= 4 is 22.8 Å². The van der Waals surface area contributed by atoms with E-state index in [0.717, 1.165) is 5.39 Å². The van der Waals surface area contributed by atoms with Gasteiger partial charge in [0, 0.05) is 11.6 Å². The second kappa shape index (κ2) is 5.95. The van der Waals surface area contributed by atoms with Gasteiger partial charge >= 0.3 is 11.9 Å². The molecule has 19 heavy (non-hydrogen) atoms. The molecule has 0 aliphatic rings. The minimum absolute atomic E-state index is 0.256. The summed E-state index contributed by atoms with van der Waals surface area (Å²) in [6, 6.07) is 8.85. The van der Waals surface area contributed by atoms with Crippen molar-refractivity contribution in [3.8, 4) is 0 Å². The Bertz CT molecular complexity index is 604. The maximum atomic E-state index is 11.9. The van der Waals surface area contributed by atoms with Crippen LogP contribution in [0.15, 0.2) is 36.5 Å². The number of para-hydroxylation sites is 1. The van der Waals surface area contributed by atoms with Gasteiger partial charge in [0.05, 0.1) is 17.7 Å². The van der Waals surface area contributed by atoms with E-state index in [-0.39, 0.29) is 6.61 Å². The van der Waals surface area contributed by atoms with E-state index in [1.165, 1.54) is 0 Å². The predicted octanol–water partition coefficient (Wildman–Crippen LogP) is 1.95. The van der Waals surface area contributed by atoms with Crippen LogP contribution in [0.1, 0.15) is 17.3 Å². The van der Waals surface area contributed by atoms with Gasteiger partial charge in [0.25, 0.3) is 0 Å². The van der Waals surface area contributed by atoms with Gasteiger partial charge in [0.2, 0.25) is 0 Å². The molecule has 1 aromatic heterocycles. The van der Waals surface area contributed by atoms with E-state index in [9.17, 15) is 9.59 Å². The van der Waals surface area contributed by atoms with Crippen LogP contribution in [0.25, 0.3) is 10.9 Å². The standard InChI is InChI=1S/C14H13NO4/c1-2-18-12(16)9-19-14(17)11-7-3-5-10-6-4-8-15-13(10)11/h3-8H,2,9H2,1H3. The zero-order valence-corrected chi connectivity index (χ0v) is 10.5. The second-order valence-electron chi connectivity index (χ2n) is 3.76. The van der Waals surface area contributed by atoms with Crippen LogP contribution < -0.4 is 0 Å². The maximum absolute atomic E-state index is 11.9. The first-order valence-corrected chi connectivity index (χ1v) is 5.89. The quantitative estimate of drug-likeness (QED) is 0.785. The van der Waals surface area contributed by atoms with E-state index in [0.29, 0.717) is 11.1 Å². The summed E-state index contributed by atoms with van der Waals surface area (Å²) < 4.78 is 9.58. The number of rotatable bonds is 4. The SMILES string of the molecule is CCOC(=O)COC(=O)c1cccc2cccnc12. The van der Waals surface area contributed by atoms with Crippen LogP contribution in [-0.4, -0.2) is 30.1 Å². The highest BCUT2D eigenvalue weighted by molar-refractivity contribution is 6.03. The first kappa shape index (κ1) is 13.0. The molecular formula is C14H13NO4. The predicted molar refractivity (Wildman–Crippen MR) is 68.7 cm³/mol. The third-order valence-electron chi connectivity index (χ3n) is 2.48. The molecule has 0 unspecified atom stereocenters. The highest BCUT2D eigenvalue weighted by Gasteiger charge is 2.14. The van der Waals surface area contributed by atoms with E-state index < -0.39 is 18.5 Å². The first-order chi connectivity index (χ1) is 9.22. The third-order valence-corrected chi connectivity index (χ3v) is 2.48. The molecule has 5 nitrogen and oxygen atoms in total. The van der Waals surface area contributed by atoms with Crippen LogP contribution in [0.4, 0.5) is 0 Å². The normalized spacial score (nSPS) is 10.2. The van der Waals surface area contributed by atoms with Crippen molar-refractivity contribution in [1.29, 1.82) is 0 Å². The fourth-order valence-electron chi connectivity index (χ4n) is 1.67. The lowest BCUT2D eigenvalue weighted by Gasteiger charge is -2.06. The average molecular weight is 259 g/mol. The Hall–Kier alpha value is -2.43. The van der Waals surface area contributed by atoms with Crippen molar-refractivity contribution in [3.63, 3.8) is 0 Å². The number of nitrogens with zero attached hydrogens (tertiary/aromatic N) is 1. The minimum Gasteiger partial charge on any atom is -0.463 e. The molecule has 0 fully saturated rings. The Morgan fingerprint density at radius 2 is 1.95 bits per heavy atom. The summed E-state index contributed by atoms with van der Waals surface area (Å²) in [5.74, 6) is -1.15. The molecule has 0 saturated carbocycles. The Labute approximate surface area is 110 Å². The summed E-state index contributed by atoms with van der Waals surface area (Å²) in [5.41, 5.74) is 0.890. The van der Waals surface area contributed by atoms with E-state index in [1.54, 1.807) is 31.3 Å². The molecule has 5 heteroatoms. The number of esters is 2. The third kappa shape index (κ3) is 3.07. The smallest absolute Gasteiger partial charge is 0.344 e. The summed E-state index contributed by atoms with van der Waals surface area (Å²) in [4.78, 5) is 27.2. The monoisotopic (exact) mass is 259 g/mol. The fraction of sp³-hybridized carbons (Fsp3) is 0.214. The Balaban J connectivity index is 2.15. The summed E-state index contributed by atoms with van der Waals surface area (Å²) in [5, 5.41) is 0.841. The van der Waals surface area contributed by atoms with Gasteiger partial charge in [-0.3, -0.25) is 4.98 Å². The van der Waals surface area contributed by atoms with Gasteiger partial charge in [0.1, 0.15) is 0 Å². The van der Waals surface area contributed by atoms with Crippen LogP contribution in [0.5, 0.6) is 0 Å². The van der Waals surface area contributed by atoms with Crippen molar-refractivity contribution in [2.24, 2.45) is 0 Å². The van der Waals surface area contributed by atoms with Crippen molar-refractivity contribution in [2.45, 2.75) is 6.92 Å². The van der Waals surface area contributed by atoms with Crippen molar-refractivity contribution in [2.75, 3.05) is 13.2 Å². The molecule has 2 rings (SSSR count). The molecule has 0 aliphatic carbocycles. The Morgan fingerprint density at radius 3 is 2.74 bits per heavy atom. The van der Waals surface area contributed by atoms with Gasteiger partial charge in [-0.25, -0.2) is 9.59 Å². The van der Waals surface area contributed by atoms with Crippen LogP contribution in [0, 0.1) is 0 Å². The van der Waals surface area contributed by atoms with Gasteiger partial charge in [-0.1, -0.05) is 18.2 Å². The van der Waals surface area contributed by atoms with Crippen LogP contribution in [-0.2, 0) is 14.3 Å². The van der Waals surface area contributed by atoms with Crippen molar-refractivity contribution in [1.82, 2.24) is 4.98 Å². The molecule has 0 atom stereocenters. The first-order valence-electron chi connectivity index (χ1n) is 5.89. The van der Waals surface area contributed by atoms with Crippen LogP contribution in [0.2, 0.25) is 0 Å². The second-order valence-corrected chi connectivity index (χ2v) is 3.76. The molecule has 2 aromatic rings. The van der Waals surface area contributed by atoms with E-state index in [4.69, 9.17) is 4.74 Å². The number of fused-ring (bicyclic) bond motifs is 1. The van der Waals surface area contributed by atoms with Gasteiger partial charge in [-0.05, 0) is 19.1 Å².